The largest absolute Gasteiger partial charge is 0.361 e. The topological polar surface area (TPSA) is 90.1 Å². The molecule has 0 aliphatic heterocycles. The van der Waals surface area contributed by atoms with Crippen molar-refractivity contribution in [3.05, 3.63) is 15.8 Å². The van der Waals surface area contributed by atoms with Crippen molar-refractivity contribution in [2.24, 2.45) is 7.05 Å². The molecule has 0 saturated carbocycles. The number of nitro groups is 1. The van der Waals surface area contributed by atoms with E-state index < -0.39 is 15.7 Å². The molecule has 0 aliphatic carbocycles. The molecule has 1 rings (SSSR count). The molecule has 2 atom stereocenters. The minimum atomic E-state index is -0.952. The quantitative estimate of drug-likeness (QED) is 0.606. The maximum Gasteiger partial charge on any atom is 0.333 e. The summed E-state index contributed by atoms with van der Waals surface area (Å²) < 4.78 is 12.7. The standard InChI is InChI=1S/C11H20N4O3S/c1-5-6-9-10(15(16)17)11(14(3)13-9)12-8(2)7-19(4)18/h8,12H,5-7H2,1-4H3. The average molecular weight is 288 g/mol. The third-order valence-electron chi connectivity index (χ3n) is 2.63. The third kappa shape index (κ3) is 4.02. The van der Waals surface area contributed by atoms with Crippen LogP contribution in [0.5, 0.6) is 0 Å². The summed E-state index contributed by atoms with van der Waals surface area (Å²) in [5, 5.41) is 18.4. The molecule has 0 saturated heterocycles. The van der Waals surface area contributed by atoms with Gasteiger partial charge in [0.05, 0.1) is 4.92 Å². The summed E-state index contributed by atoms with van der Waals surface area (Å²) in [5.74, 6) is 0.817. The minimum absolute atomic E-state index is 0.0260. The lowest BCUT2D eigenvalue weighted by molar-refractivity contribution is -0.384. The number of nitrogens with zero attached hydrogens (tertiary/aromatic N) is 3. The summed E-state index contributed by atoms with van der Waals surface area (Å²) in [6.07, 6.45) is 2.98. The molecule has 1 aromatic heterocycles. The normalized spacial score (nSPS) is 14.1. The minimum Gasteiger partial charge on any atom is -0.361 e. The maximum absolute atomic E-state index is 11.2. The predicted molar refractivity (Wildman–Crippen MR) is 75.9 cm³/mol. The van der Waals surface area contributed by atoms with Crippen molar-refractivity contribution >= 4 is 22.3 Å². The van der Waals surface area contributed by atoms with E-state index in [1.165, 1.54) is 4.68 Å². The fraction of sp³-hybridized carbons (Fsp3) is 0.727. The monoisotopic (exact) mass is 288 g/mol. The Labute approximate surface area is 115 Å². The Bertz CT molecular complexity index is 487. The van der Waals surface area contributed by atoms with E-state index in [4.69, 9.17) is 0 Å². The van der Waals surface area contributed by atoms with Crippen molar-refractivity contribution < 1.29 is 9.13 Å². The second kappa shape index (κ2) is 6.65. The van der Waals surface area contributed by atoms with E-state index in [-0.39, 0.29) is 11.7 Å². The fourth-order valence-electron chi connectivity index (χ4n) is 1.95. The highest BCUT2D eigenvalue weighted by molar-refractivity contribution is 7.84. The van der Waals surface area contributed by atoms with Gasteiger partial charge in [-0.3, -0.25) is 14.3 Å². The van der Waals surface area contributed by atoms with Crippen LogP contribution in [0.25, 0.3) is 0 Å². The van der Waals surface area contributed by atoms with Crippen LogP contribution in [-0.4, -0.2) is 37.0 Å². The van der Waals surface area contributed by atoms with Gasteiger partial charge >= 0.3 is 5.69 Å². The van der Waals surface area contributed by atoms with Gasteiger partial charge in [-0.1, -0.05) is 13.3 Å². The highest BCUT2D eigenvalue weighted by Crippen LogP contribution is 2.29. The van der Waals surface area contributed by atoms with E-state index in [1.807, 2.05) is 13.8 Å². The molecule has 1 aromatic rings. The van der Waals surface area contributed by atoms with Crippen molar-refractivity contribution in [1.82, 2.24) is 9.78 Å². The molecule has 19 heavy (non-hydrogen) atoms. The van der Waals surface area contributed by atoms with Crippen LogP contribution in [-0.2, 0) is 24.3 Å². The molecule has 7 nitrogen and oxygen atoms in total. The first kappa shape index (κ1) is 15.6. The molecule has 0 radical (unpaired) electrons. The Morgan fingerprint density at radius 1 is 1.58 bits per heavy atom. The van der Waals surface area contributed by atoms with Gasteiger partial charge in [0.15, 0.2) is 0 Å². The van der Waals surface area contributed by atoms with Crippen molar-refractivity contribution in [3.63, 3.8) is 0 Å². The van der Waals surface area contributed by atoms with Crippen LogP contribution in [0.2, 0.25) is 0 Å². The lowest BCUT2D eigenvalue weighted by Crippen LogP contribution is -2.24. The van der Waals surface area contributed by atoms with Gasteiger partial charge in [-0.15, -0.1) is 0 Å². The first-order valence-electron chi connectivity index (χ1n) is 6.13. The van der Waals surface area contributed by atoms with Crippen LogP contribution < -0.4 is 5.32 Å². The van der Waals surface area contributed by atoms with E-state index in [0.29, 0.717) is 23.7 Å². The molecule has 0 aliphatic rings. The lowest BCUT2D eigenvalue weighted by atomic mass is 10.2. The average Bonchev–Trinajstić information content (AvgIpc) is 2.54. The molecule has 1 heterocycles. The van der Waals surface area contributed by atoms with Crippen LogP contribution in [0.1, 0.15) is 26.0 Å². The van der Waals surface area contributed by atoms with E-state index in [2.05, 4.69) is 10.4 Å². The summed E-state index contributed by atoms with van der Waals surface area (Å²) in [5.41, 5.74) is 0.514. The number of hydrogen-bond donors (Lipinski definition) is 1. The Hall–Kier alpha value is -1.44. The third-order valence-corrected chi connectivity index (χ3v) is 3.60. The Morgan fingerprint density at radius 3 is 2.68 bits per heavy atom. The van der Waals surface area contributed by atoms with Crippen LogP contribution >= 0.6 is 0 Å². The van der Waals surface area contributed by atoms with Crippen LogP contribution in [0.4, 0.5) is 11.5 Å². The maximum atomic E-state index is 11.2. The second-order valence-electron chi connectivity index (χ2n) is 4.56. The smallest absolute Gasteiger partial charge is 0.333 e. The highest BCUT2D eigenvalue weighted by atomic mass is 32.2. The number of aryl methyl sites for hydroxylation is 2. The molecule has 108 valence electrons. The van der Waals surface area contributed by atoms with Gasteiger partial charge in [0.2, 0.25) is 5.82 Å². The number of anilines is 1. The molecular formula is C11H20N4O3S. The first-order chi connectivity index (χ1) is 8.86. The van der Waals surface area contributed by atoms with Crippen LogP contribution in [0.3, 0.4) is 0 Å². The zero-order chi connectivity index (χ0) is 14.6. The van der Waals surface area contributed by atoms with Gasteiger partial charge in [-0.2, -0.15) is 5.10 Å². The van der Waals surface area contributed by atoms with Gasteiger partial charge in [0.1, 0.15) is 5.69 Å². The van der Waals surface area contributed by atoms with Gasteiger partial charge in [-0.05, 0) is 13.3 Å². The van der Waals surface area contributed by atoms with Crippen molar-refractivity contribution in [3.8, 4) is 0 Å². The van der Waals surface area contributed by atoms with Crippen molar-refractivity contribution in [2.75, 3.05) is 17.3 Å². The number of rotatable bonds is 7. The molecule has 1 N–H and O–H groups in total. The van der Waals surface area contributed by atoms with Gasteiger partial charge in [0, 0.05) is 35.9 Å². The molecule has 0 fully saturated rings. The predicted octanol–water partition coefficient (Wildman–Crippen LogP) is 1.46. The Balaban J connectivity index is 3.05. The summed E-state index contributed by atoms with van der Waals surface area (Å²) in [4.78, 5) is 10.8. The van der Waals surface area contributed by atoms with Crippen molar-refractivity contribution in [1.29, 1.82) is 0 Å². The summed E-state index contributed by atoms with van der Waals surface area (Å²) in [7, 11) is 0.719. The van der Waals surface area contributed by atoms with Gasteiger partial charge in [0.25, 0.3) is 0 Å². The van der Waals surface area contributed by atoms with Gasteiger partial charge < -0.3 is 5.32 Å². The Kier molecular flexibility index (Phi) is 5.46. The molecular weight excluding hydrogens is 268 g/mol. The van der Waals surface area contributed by atoms with Crippen molar-refractivity contribution in [2.45, 2.75) is 32.7 Å². The van der Waals surface area contributed by atoms with Crippen LogP contribution in [0, 0.1) is 10.1 Å². The SMILES string of the molecule is CCCc1nn(C)c(NC(C)CS(C)=O)c1[N+](=O)[O-]. The van der Waals surface area contributed by atoms with E-state index in [9.17, 15) is 14.3 Å². The molecule has 2 unspecified atom stereocenters. The fourth-order valence-corrected chi connectivity index (χ4v) is 2.74. The van der Waals surface area contributed by atoms with Gasteiger partial charge in [-0.25, -0.2) is 4.68 Å². The van der Waals surface area contributed by atoms with E-state index in [0.717, 1.165) is 6.42 Å². The number of nitrogens with one attached hydrogen (secondary N) is 1. The summed E-state index contributed by atoms with van der Waals surface area (Å²) in [6, 6.07) is -0.116. The van der Waals surface area contributed by atoms with E-state index in [1.54, 1.807) is 13.3 Å². The molecule has 8 heteroatoms. The zero-order valence-corrected chi connectivity index (χ0v) is 12.5. The lowest BCUT2D eigenvalue weighted by Gasteiger charge is -2.13. The molecule has 0 amide bonds. The zero-order valence-electron chi connectivity index (χ0n) is 11.7. The number of aromatic nitrogens is 2. The number of hydrogen-bond acceptors (Lipinski definition) is 5. The highest BCUT2D eigenvalue weighted by Gasteiger charge is 2.26. The molecule has 0 aromatic carbocycles. The van der Waals surface area contributed by atoms with Crippen LogP contribution in [0.15, 0.2) is 0 Å². The molecule has 0 bridgehead atoms. The second-order valence-corrected chi connectivity index (χ2v) is 6.04. The Morgan fingerprint density at radius 2 is 2.21 bits per heavy atom. The molecule has 0 spiro atoms. The first-order valence-corrected chi connectivity index (χ1v) is 7.86. The summed E-state index contributed by atoms with van der Waals surface area (Å²) >= 11 is 0. The van der Waals surface area contributed by atoms with E-state index >= 15 is 0 Å². The summed E-state index contributed by atoms with van der Waals surface area (Å²) in [6.45, 7) is 3.80.